The number of anilines is 1. The van der Waals surface area contributed by atoms with Gasteiger partial charge in [0.2, 0.25) is 0 Å². The molecule has 0 aliphatic rings. The van der Waals surface area contributed by atoms with Gasteiger partial charge in [0.15, 0.2) is 0 Å². The molecule has 1 heterocycles. The fraction of sp³-hybridized carbons (Fsp3) is 0.500. The van der Waals surface area contributed by atoms with Crippen molar-refractivity contribution in [1.29, 1.82) is 5.41 Å². The van der Waals surface area contributed by atoms with Gasteiger partial charge in [-0.15, -0.1) is 0 Å². The second-order valence-corrected chi connectivity index (χ2v) is 4.01. The van der Waals surface area contributed by atoms with Crippen LogP contribution in [0.2, 0.25) is 0 Å². The number of aromatic nitrogens is 1. The lowest BCUT2D eigenvalue weighted by molar-refractivity contribution is 0.283. The summed E-state index contributed by atoms with van der Waals surface area (Å²) in [6.07, 6.45) is 6.20. The van der Waals surface area contributed by atoms with Crippen LogP contribution < -0.4 is 10.6 Å². The van der Waals surface area contributed by atoms with E-state index in [1.165, 1.54) is 0 Å². The number of nitrogens with one attached hydrogen (secondary N) is 1. The van der Waals surface area contributed by atoms with Crippen molar-refractivity contribution in [2.75, 3.05) is 25.1 Å². The Bertz CT molecular complexity index is 367. The number of aliphatic hydroxyl groups excluding tert-OH is 1. The second-order valence-electron chi connectivity index (χ2n) is 4.01. The van der Waals surface area contributed by atoms with Crippen LogP contribution in [0.15, 0.2) is 18.5 Å². The standard InChI is InChI=1S/C12H20N4O/c1-16(7-3-2-4-8-17)11-9-15-6-5-10(11)12(13)14/h5-6,9,17H,2-4,7-8H2,1H3,(H3,13,14). The molecule has 0 aliphatic heterocycles. The molecular weight excluding hydrogens is 216 g/mol. The van der Waals surface area contributed by atoms with Crippen molar-refractivity contribution in [2.24, 2.45) is 5.73 Å². The van der Waals surface area contributed by atoms with Crippen LogP contribution in [-0.2, 0) is 0 Å². The Morgan fingerprint density at radius 1 is 1.47 bits per heavy atom. The zero-order valence-corrected chi connectivity index (χ0v) is 10.2. The van der Waals surface area contributed by atoms with Gasteiger partial charge < -0.3 is 15.7 Å². The van der Waals surface area contributed by atoms with Crippen molar-refractivity contribution in [3.05, 3.63) is 24.0 Å². The fourth-order valence-electron chi connectivity index (χ4n) is 1.68. The lowest BCUT2D eigenvalue weighted by atomic mass is 10.2. The highest BCUT2D eigenvalue weighted by atomic mass is 16.2. The summed E-state index contributed by atoms with van der Waals surface area (Å²) in [6, 6.07) is 1.75. The molecule has 0 amide bonds. The Hall–Kier alpha value is -1.62. The van der Waals surface area contributed by atoms with Gasteiger partial charge in [-0.25, -0.2) is 0 Å². The minimum Gasteiger partial charge on any atom is -0.396 e. The average molecular weight is 236 g/mol. The number of hydrogen-bond donors (Lipinski definition) is 3. The van der Waals surface area contributed by atoms with E-state index in [0.29, 0.717) is 5.56 Å². The summed E-state index contributed by atoms with van der Waals surface area (Å²) in [6.45, 7) is 1.11. The van der Waals surface area contributed by atoms with E-state index in [4.69, 9.17) is 16.2 Å². The normalized spacial score (nSPS) is 10.2. The van der Waals surface area contributed by atoms with Crippen LogP contribution >= 0.6 is 0 Å². The molecule has 17 heavy (non-hydrogen) atoms. The van der Waals surface area contributed by atoms with E-state index in [-0.39, 0.29) is 12.4 Å². The molecule has 0 fully saturated rings. The summed E-state index contributed by atoms with van der Waals surface area (Å²) in [4.78, 5) is 6.10. The van der Waals surface area contributed by atoms with Crippen molar-refractivity contribution in [3.63, 3.8) is 0 Å². The quantitative estimate of drug-likeness (QED) is 0.374. The number of nitrogens with zero attached hydrogens (tertiary/aromatic N) is 2. The zero-order chi connectivity index (χ0) is 12.7. The molecular formula is C12H20N4O. The molecule has 1 rings (SSSR count). The largest absolute Gasteiger partial charge is 0.396 e. The van der Waals surface area contributed by atoms with Crippen molar-refractivity contribution < 1.29 is 5.11 Å². The van der Waals surface area contributed by atoms with E-state index in [0.717, 1.165) is 31.5 Å². The molecule has 4 N–H and O–H groups in total. The third-order valence-corrected chi connectivity index (χ3v) is 2.65. The first-order valence-electron chi connectivity index (χ1n) is 5.77. The zero-order valence-electron chi connectivity index (χ0n) is 10.2. The van der Waals surface area contributed by atoms with Gasteiger partial charge in [0.05, 0.1) is 11.9 Å². The molecule has 5 nitrogen and oxygen atoms in total. The molecule has 0 saturated heterocycles. The molecule has 0 unspecified atom stereocenters. The maximum Gasteiger partial charge on any atom is 0.125 e. The lowest BCUT2D eigenvalue weighted by Gasteiger charge is -2.21. The molecule has 1 aromatic rings. The number of unbranched alkanes of at least 4 members (excludes halogenated alkanes) is 2. The molecule has 0 atom stereocenters. The van der Waals surface area contributed by atoms with E-state index < -0.39 is 0 Å². The summed E-state index contributed by atoms with van der Waals surface area (Å²) in [5, 5.41) is 16.2. The summed E-state index contributed by atoms with van der Waals surface area (Å²) < 4.78 is 0. The molecule has 5 heteroatoms. The number of rotatable bonds is 7. The minimum atomic E-state index is 0.0598. The Balaban J connectivity index is 2.62. The van der Waals surface area contributed by atoms with Gasteiger partial charge in [0, 0.05) is 32.0 Å². The Kier molecular flexibility index (Phi) is 5.42. The van der Waals surface area contributed by atoms with Crippen molar-refractivity contribution in [2.45, 2.75) is 19.3 Å². The third-order valence-electron chi connectivity index (χ3n) is 2.65. The van der Waals surface area contributed by atoms with Gasteiger partial charge in [0.25, 0.3) is 0 Å². The van der Waals surface area contributed by atoms with E-state index in [9.17, 15) is 0 Å². The van der Waals surface area contributed by atoms with Crippen LogP contribution in [0.25, 0.3) is 0 Å². The highest BCUT2D eigenvalue weighted by molar-refractivity contribution is 6.00. The molecule has 0 aliphatic carbocycles. The summed E-state index contributed by atoms with van der Waals surface area (Å²) in [5.41, 5.74) is 7.12. The van der Waals surface area contributed by atoms with Gasteiger partial charge in [-0.1, -0.05) is 0 Å². The van der Waals surface area contributed by atoms with Gasteiger partial charge in [-0.05, 0) is 25.3 Å². The van der Waals surface area contributed by atoms with Crippen LogP contribution in [-0.4, -0.2) is 36.1 Å². The fourth-order valence-corrected chi connectivity index (χ4v) is 1.68. The average Bonchev–Trinajstić information content (AvgIpc) is 2.34. The van der Waals surface area contributed by atoms with E-state index >= 15 is 0 Å². The molecule has 0 bridgehead atoms. The van der Waals surface area contributed by atoms with Crippen molar-refractivity contribution in [1.82, 2.24) is 4.98 Å². The molecule has 0 radical (unpaired) electrons. The van der Waals surface area contributed by atoms with Gasteiger partial charge in [-0.3, -0.25) is 10.4 Å². The number of hydrogen-bond acceptors (Lipinski definition) is 4. The molecule has 0 aromatic carbocycles. The first-order chi connectivity index (χ1) is 8.16. The topological polar surface area (TPSA) is 86.2 Å². The Morgan fingerprint density at radius 3 is 2.88 bits per heavy atom. The van der Waals surface area contributed by atoms with Gasteiger partial charge in [0.1, 0.15) is 5.84 Å². The van der Waals surface area contributed by atoms with Crippen molar-refractivity contribution >= 4 is 11.5 Å². The predicted molar refractivity (Wildman–Crippen MR) is 69.5 cm³/mol. The number of aliphatic hydroxyl groups is 1. The number of amidine groups is 1. The lowest BCUT2D eigenvalue weighted by Crippen LogP contribution is -2.23. The van der Waals surface area contributed by atoms with Crippen LogP contribution in [0.1, 0.15) is 24.8 Å². The smallest absolute Gasteiger partial charge is 0.125 e. The van der Waals surface area contributed by atoms with Gasteiger partial charge in [-0.2, -0.15) is 0 Å². The second kappa shape index (κ2) is 6.85. The number of nitrogens with two attached hydrogens (primary N) is 1. The number of nitrogen functional groups attached to an aromatic ring is 1. The Labute approximate surface area is 102 Å². The Morgan fingerprint density at radius 2 is 2.24 bits per heavy atom. The van der Waals surface area contributed by atoms with Crippen LogP contribution in [0, 0.1) is 5.41 Å². The summed E-state index contributed by atoms with van der Waals surface area (Å²) >= 11 is 0. The van der Waals surface area contributed by atoms with Crippen LogP contribution in [0.5, 0.6) is 0 Å². The monoisotopic (exact) mass is 236 g/mol. The first kappa shape index (κ1) is 13.4. The SMILES string of the molecule is CN(CCCCCO)c1cnccc1C(=N)N. The maximum atomic E-state index is 8.70. The molecule has 1 aromatic heterocycles. The van der Waals surface area contributed by atoms with E-state index in [1.54, 1.807) is 18.5 Å². The third kappa shape index (κ3) is 4.03. The predicted octanol–water partition coefficient (Wildman–Crippen LogP) is 0.964. The number of pyridine rings is 1. The first-order valence-corrected chi connectivity index (χ1v) is 5.77. The van der Waals surface area contributed by atoms with Crippen LogP contribution in [0.3, 0.4) is 0 Å². The molecule has 0 spiro atoms. The van der Waals surface area contributed by atoms with E-state index in [1.807, 2.05) is 11.9 Å². The van der Waals surface area contributed by atoms with E-state index in [2.05, 4.69) is 4.98 Å². The van der Waals surface area contributed by atoms with Crippen LogP contribution in [0.4, 0.5) is 5.69 Å². The molecule has 0 saturated carbocycles. The molecule has 94 valence electrons. The summed E-state index contributed by atoms with van der Waals surface area (Å²) in [5.74, 6) is 0.0598. The highest BCUT2D eigenvalue weighted by Gasteiger charge is 2.09. The van der Waals surface area contributed by atoms with Gasteiger partial charge >= 0.3 is 0 Å². The van der Waals surface area contributed by atoms with Crippen molar-refractivity contribution in [3.8, 4) is 0 Å². The minimum absolute atomic E-state index is 0.0598. The maximum absolute atomic E-state index is 8.70. The highest BCUT2D eigenvalue weighted by Crippen LogP contribution is 2.17. The summed E-state index contributed by atoms with van der Waals surface area (Å²) in [7, 11) is 1.96.